The van der Waals surface area contributed by atoms with Gasteiger partial charge >= 0.3 is 6.03 Å². The fraction of sp³-hybridized carbons (Fsp3) is 0.938. The van der Waals surface area contributed by atoms with E-state index in [9.17, 15) is 4.79 Å². The Bertz CT molecular complexity index is 389. The molecule has 4 nitrogen and oxygen atoms in total. The molecule has 3 saturated carbocycles. The monoisotopic (exact) mass is 278 g/mol. The summed E-state index contributed by atoms with van der Waals surface area (Å²) in [6.45, 7) is 1.73. The Morgan fingerprint density at radius 2 is 1.65 bits per heavy atom. The lowest BCUT2D eigenvalue weighted by Crippen LogP contribution is -2.45. The number of carbonyl (C=O) groups excluding carboxylic acids is 1. The van der Waals surface area contributed by atoms with Gasteiger partial charge in [-0.15, -0.1) is 0 Å². The summed E-state index contributed by atoms with van der Waals surface area (Å²) in [6.07, 6.45) is 11.2. The molecule has 2 amide bonds. The molecule has 20 heavy (non-hydrogen) atoms. The molecule has 4 rings (SSSR count). The zero-order valence-corrected chi connectivity index (χ0v) is 12.2. The van der Waals surface area contributed by atoms with Crippen LogP contribution in [0.4, 0.5) is 4.79 Å². The first-order chi connectivity index (χ1) is 9.70. The highest BCUT2D eigenvalue weighted by atomic mass is 16.5. The number of carbonyl (C=O) groups is 1. The van der Waals surface area contributed by atoms with E-state index in [1.165, 1.54) is 38.5 Å². The maximum absolute atomic E-state index is 12.1. The van der Waals surface area contributed by atoms with Gasteiger partial charge in [0.1, 0.15) is 0 Å². The van der Waals surface area contributed by atoms with Crippen LogP contribution in [0.2, 0.25) is 0 Å². The third-order valence-corrected chi connectivity index (χ3v) is 6.32. The van der Waals surface area contributed by atoms with Crippen molar-refractivity contribution in [2.75, 3.05) is 13.2 Å². The molecule has 1 atom stereocenters. The molecule has 0 radical (unpaired) electrons. The molecule has 1 saturated heterocycles. The predicted octanol–water partition coefficient (Wildman–Crippen LogP) is 2.58. The van der Waals surface area contributed by atoms with Crippen LogP contribution in [0.25, 0.3) is 0 Å². The van der Waals surface area contributed by atoms with E-state index in [1.807, 2.05) is 0 Å². The lowest BCUT2D eigenvalue weighted by molar-refractivity contribution is 0.0547. The second-order valence-electron chi connectivity index (χ2n) is 7.62. The number of ether oxygens (including phenoxy) is 1. The van der Waals surface area contributed by atoms with E-state index in [4.69, 9.17) is 4.74 Å². The maximum Gasteiger partial charge on any atom is 0.315 e. The lowest BCUT2D eigenvalue weighted by Gasteiger charge is -2.29. The minimum Gasteiger partial charge on any atom is -0.381 e. The number of nitrogens with one attached hydrogen (secondary N) is 2. The highest BCUT2D eigenvalue weighted by molar-refractivity contribution is 5.75. The fourth-order valence-electron chi connectivity index (χ4n) is 4.32. The van der Waals surface area contributed by atoms with Gasteiger partial charge in [0.15, 0.2) is 0 Å². The zero-order valence-electron chi connectivity index (χ0n) is 12.2. The van der Waals surface area contributed by atoms with Crippen molar-refractivity contribution in [1.82, 2.24) is 10.6 Å². The van der Waals surface area contributed by atoms with Crippen LogP contribution in [0, 0.1) is 10.8 Å². The van der Waals surface area contributed by atoms with Crippen LogP contribution in [0.3, 0.4) is 0 Å². The van der Waals surface area contributed by atoms with E-state index in [0.29, 0.717) is 22.9 Å². The average Bonchev–Trinajstić information content (AvgIpc) is 3.35. The summed E-state index contributed by atoms with van der Waals surface area (Å²) >= 11 is 0. The first-order valence-electron chi connectivity index (χ1n) is 8.35. The lowest BCUT2D eigenvalue weighted by atomic mass is 9.83. The summed E-state index contributed by atoms with van der Waals surface area (Å²) in [5.74, 6) is 0. The van der Waals surface area contributed by atoms with Crippen LogP contribution >= 0.6 is 0 Å². The van der Waals surface area contributed by atoms with Gasteiger partial charge in [-0.2, -0.15) is 0 Å². The Kier molecular flexibility index (Phi) is 2.99. The Hall–Kier alpha value is -0.770. The first kappa shape index (κ1) is 12.9. The van der Waals surface area contributed by atoms with Crippen molar-refractivity contribution in [2.24, 2.45) is 10.8 Å². The molecule has 4 heteroatoms. The Morgan fingerprint density at radius 1 is 0.950 bits per heavy atom. The molecule has 0 aromatic rings. The third kappa shape index (κ3) is 2.43. The largest absolute Gasteiger partial charge is 0.381 e. The molecule has 2 N–H and O–H groups in total. The number of rotatable bonds is 2. The molecule has 4 aliphatic rings. The molecular weight excluding hydrogens is 252 g/mol. The summed E-state index contributed by atoms with van der Waals surface area (Å²) in [6, 6.07) is 0.866. The van der Waals surface area contributed by atoms with Crippen molar-refractivity contribution in [1.29, 1.82) is 0 Å². The highest BCUT2D eigenvalue weighted by Crippen LogP contribution is 2.56. The molecule has 1 aliphatic heterocycles. The summed E-state index contributed by atoms with van der Waals surface area (Å²) in [7, 11) is 0. The van der Waals surface area contributed by atoms with E-state index in [0.717, 1.165) is 32.5 Å². The zero-order chi connectivity index (χ0) is 13.6. The van der Waals surface area contributed by atoms with Crippen molar-refractivity contribution in [3.8, 4) is 0 Å². The van der Waals surface area contributed by atoms with Crippen LogP contribution in [0.15, 0.2) is 0 Å². The van der Waals surface area contributed by atoms with Crippen molar-refractivity contribution < 1.29 is 9.53 Å². The molecule has 112 valence electrons. The van der Waals surface area contributed by atoms with Gasteiger partial charge in [-0.05, 0) is 68.6 Å². The predicted molar refractivity (Wildman–Crippen MR) is 76.5 cm³/mol. The van der Waals surface area contributed by atoms with Crippen molar-refractivity contribution >= 4 is 6.03 Å². The molecular formula is C16H26N2O2. The Labute approximate surface area is 121 Å². The number of hydrogen-bond acceptors (Lipinski definition) is 2. The average molecular weight is 278 g/mol. The normalized spacial score (nSPS) is 33.9. The topological polar surface area (TPSA) is 50.4 Å². The summed E-state index contributed by atoms with van der Waals surface area (Å²) < 4.78 is 5.42. The molecule has 0 bridgehead atoms. The van der Waals surface area contributed by atoms with Gasteiger partial charge in [0, 0.05) is 25.3 Å². The smallest absolute Gasteiger partial charge is 0.315 e. The molecule has 1 unspecified atom stereocenters. The third-order valence-electron chi connectivity index (χ3n) is 6.32. The standard InChI is InChI=1S/C16H26N2O2/c19-14(17-12-1-3-15(4-2-12)5-6-15)18-13-11-16(13)7-9-20-10-8-16/h12-13H,1-11H2,(H2,17,18,19). The van der Waals surface area contributed by atoms with Gasteiger partial charge in [-0.3, -0.25) is 0 Å². The molecule has 0 aromatic heterocycles. The van der Waals surface area contributed by atoms with Gasteiger partial charge in [-0.25, -0.2) is 4.79 Å². The molecule has 4 fully saturated rings. The van der Waals surface area contributed by atoms with Gasteiger partial charge in [-0.1, -0.05) is 0 Å². The van der Waals surface area contributed by atoms with Crippen LogP contribution < -0.4 is 10.6 Å². The van der Waals surface area contributed by atoms with Crippen LogP contribution in [-0.4, -0.2) is 31.3 Å². The van der Waals surface area contributed by atoms with E-state index in [-0.39, 0.29) is 6.03 Å². The van der Waals surface area contributed by atoms with Crippen LogP contribution in [0.1, 0.15) is 57.8 Å². The minimum absolute atomic E-state index is 0.0649. The van der Waals surface area contributed by atoms with Gasteiger partial charge in [0.2, 0.25) is 0 Å². The van der Waals surface area contributed by atoms with Gasteiger partial charge in [0.25, 0.3) is 0 Å². The second kappa shape index (κ2) is 4.62. The first-order valence-corrected chi connectivity index (χ1v) is 8.35. The minimum atomic E-state index is 0.0649. The van der Waals surface area contributed by atoms with E-state index >= 15 is 0 Å². The number of urea groups is 1. The van der Waals surface area contributed by atoms with Crippen LogP contribution in [-0.2, 0) is 4.74 Å². The van der Waals surface area contributed by atoms with E-state index in [2.05, 4.69) is 10.6 Å². The molecule has 0 aromatic carbocycles. The number of hydrogen-bond donors (Lipinski definition) is 2. The Morgan fingerprint density at radius 3 is 2.30 bits per heavy atom. The quantitative estimate of drug-likeness (QED) is 0.815. The summed E-state index contributed by atoms with van der Waals surface area (Å²) in [4.78, 5) is 12.1. The van der Waals surface area contributed by atoms with Crippen molar-refractivity contribution in [2.45, 2.75) is 69.9 Å². The Balaban J connectivity index is 1.21. The second-order valence-corrected chi connectivity index (χ2v) is 7.62. The summed E-state index contributed by atoms with van der Waals surface area (Å²) in [5, 5.41) is 6.39. The molecule has 3 aliphatic carbocycles. The van der Waals surface area contributed by atoms with Gasteiger partial charge < -0.3 is 15.4 Å². The summed E-state index contributed by atoms with van der Waals surface area (Å²) in [5.41, 5.74) is 1.08. The van der Waals surface area contributed by atoms with Crippen LogP contribution in [0.5, 0.6) is 0 Å². The SMILES string of the molecule is O=C(NC1CCC2(CC1)CC2)NC1CC12CCOCC2. The van der Waals surface area contributed by atoms with Crippen molar-refractivity contribution in [3.05, 3.63) is 0 Å². The van der Waals surface area contributed by atoms with E-state index in [1.54, 1.807) is 0 Å². The maximum atomic E-state index is 12.1. The fourth-order valence-corrected chi connectivity index (χ4v) is 4.32. The molecule has 1 heterocycles. The van der Waals surface area contributed by atoms with Crippen molar-refractivity contribution in [3.63, 3.8) is 0 Å². The van der Waals surface area contributed by atoms with Gasteiger partial charge in [0.05, 0.1) is 0 Å². The highest BCUT2D eigenvalue weighted by Gasteiger charge is 2.55. The number of amides is 2. The van der Waals surface area contributed by atoms with E-state index < -0.39 is 0 Å². The molecule has 2 spiro atoms.